The smallest absolute Gasteiger partial charge is 0.282 e. The summed E-state index contributed by atoms with van der Waals surface area (Å²) in [6, 6.07) is 23.8. The minimum Gasteiger partial charge on any atom is -0.497 e. The van der Waals surface area contributed by atoms with Crippen LogP contribution in [-0.2, 0) is 9.59 Å². The van der Waals surface area contributed by atoms with Crippen LogP contribution in [0, 0.1) is 6.92 Å². The van der Waals surface area contributed by atoms with Crippen LogP contribution in [0.25, 0.3) is 5.57 Å². The van der Waals surface area contributed by atoms with E-state index in [2.05, 4.69) is 5.32 Å². The number of hydrogen-bond acceptors (Lipinski definition) is 4. The second kappa shape index (κ2) is 7.64. The Morgan fingerprint density at radius 2 is 1.55 bits per heavy atom. The lowest BCUT2D eigenvalue weighted by atomic mass is 10.0. The molecule has 0 unspecified atom stereocenters. The van der Waals surface area contributed by atoms with Gasteiger partial charge in [-0.15, -0.1) is 0 Å². The van der Waals surface area contributed by atoms with Crippen molar-refractivity contribution >= 4 is 28.8 Å². The number of para-hydroxylation sites is 1. The molecule has 5 nitrogen and oxygen atoms in total. The Bertz CT molecular complexity index is 1100. The second-order valence-corrected chi connectivity index (χ2v) is 6.75. The van der Waals surface area contributed by atoms with Crippen LogP contribution in [0.5, 0.6) is 5.75 Å². The predicted molar refractivity (Wildman–Crippen MR) is 114 cm³/mol. The van der Waals surface area contributed by atoms with Gasteiger partial charge in [0.1, 0.15) is 11.4 Å². The fourth-order valence-electron chi connectivity index (χ4n) is 3.34. The molecule has 144 valence electrons. The van der Waals surface area contributed by atoms with Gasteiger partial charge in [-0.05, 0) is 54.4 Å². The molecule has 0 fully saturated rings. The Hall–Kier alpha value is -3.86. The molecular weight excluding hydrogens is 364 g/mol. The van der Waals surface area contributed by atoms with Crippen molar-refractivity contribution in [2.24, 2.45) is 0 Å². The summed E-state index contributed by atoms with van der Waals surface area (Å²) in [5.74, 6) is -0.0568. The first-order valence-electron chi connectivity index (χ1n) is 9.24. The highest BCUT2D eigenvalue weighted by Gasteiger charge is 2.40. The Morgan fingerprint density at radius 1 is 0.828 bits per heavy atom. The quantitative estimate of drug-likeness (QED) is 0.663. The van der Waals surface area contributed by atoms with Crippen LogP contribution in [-0.4, -0.2) is 18.9 Å². The van der Waals surface area contributed by atoms with Gasteiger partial charge in [0, 0.05) is 5.69 Å². The largest absolute Gasteiger partial charge is 0.497 e. The van der Waals surface area contributed by atoms with Gasteiger partial charge in [-0.25, -0.2) is 4.90 Å². The first-order valence-corrected chi connectivity index (χ1v) is 9.24. The molecule has 0 atom stereocenters. The van der Waals surface area contributed by atoms with Crippen LogP contribution in [0.4, 0.5) is 11.4 Å². The zero-order valence-corrected chi connectivity index (χ0v) is 16.2. The summed E-state index contributed by atoms with van der Waals surface area (Å²) < 4.78 is 5.21. The highest BCUT2D eigenvalue weighted by atomic mass is 16.5. The van der Waals surface area contributed by atoms with Crippen LogP contribution in [0.3, 0.4) is 0 Å². The summed E-state index contributed by atoms with van der Waals surface area (Å²) >= 11 is 0. The van der Waals surface area contributed by atoms with Gasteiger partial charge in [-0.2, -0.15) is 0 Å². The number of hydrogen-bond donors (Lipinski definition) is 1. The van der Waals surface area contributed by atoms with Crippen molar-refractivity contribution < 1.29 is 14.3 Å². The van der Waals surface area contributed by atoms with Crippen molar-refractivity contribution in [1.82, 2.24) is 0 Å². The number of nitrogens with one attached hydrogen (secondary N) is 1. The van der Waals surface area contributed by atoms with E-state index in [1.165, 1.54) is 4.90 Å². The lowest BCUT2D eigenvalue weighted by Gasteiger charge is -2.16. The van der Waals surface area contributed by atoms with Gasteiger partial charge in [-0.3, -0.25) is 9.59 Å². The van der Waals surface area contributed by atoms with Crippen molar-refractivity contribution in [2.45, 2.75) is 6.92 Å². The summed E-state index contributed by atoms with van der Waals surface area (Å²) in [6.07, 6.45) is 0. The van der Waals surface area contributed by atoms with Gasteiger partial charge in [0.15, 0.2) is 0 Å². The first-order chi connectivity index (χ1) is 14.1. The minimum atomic E-state index is -0.379. The normalized spacial score (nSPS) is 13.8. The molecule has 1 heterocycles. The maximum Gasteiger partial charge on any atom is 0.282 e. The van der Waals surface area contributed by atoms with Crippen molar-refractivity contribution in [1.29, 1.82) is 0 Å². The van der Waals surface area contributed by atoms with Gasteiger partial charge in [0.25, 0.3) is 11.8 Å². The molecule has 1 aliphatic rings. The van der Waals surface area contributed by atoms with E-state index in [-0.39, 0.29) is 17.5 Å². The average Bonchev–Trinajstić information content (AvgIpc) is 2.98. The highest BCUT2D eigenvalue weighted by molar-refractivity contribution is 6.46. The van der Waals surface area contributed by atoms with E-state index in [1.807, 2.05) is 55.5 Å². The molecule has 5 heteroatoms. The molecule has 0 aliphatic carbocycles. The molecule has 3 aromatic carbocycles. The van der Waals surface area contributed by atoms with Crippen LogP contribution in [0.2, 0.25) is 0 Å². The number of imide groups is 1. The number of ether oxygens (including phenoxy) is 1. The third-order valence-corrected chi connectivity index (χ3v) is 4.77. The third kappa shape index (κ3) is 3.50. The lowest BCUT2D eigenvalue weighted by molar-refractivity contribution is -0.120. The zero-order valence-electron chi connectivity index (χ0n) is 16.2. The Kier molecular flexibility index (Phi) is 4.87. The van der Waals surface area contributed by atoms with E-state index in [1.54, 1.807) is 37.4 Å². The summed E-state index contributed by atoms with van der Waals surface area (Å²) in [5, 5.41) is 3.15. The SMILES string of the molecule is COc1ccc(C2=C(Nc3ccccc3)C(=O)N(c3cccc(C)c3)C2=O)cc1. The molecule has 0 aromatic heterocycles. The maximum absolute atomic E-state index is 13.4. The van der Waals surface area contributed by atoms with Gasteiger partial charge in [0.05, 0.1) is 18.4 Å². The van der Waals surface area contributed by atoms with Crippen molar-refractivity contribution in [3.05, 3.63) is 95.7 Å². The number of nitrogens with zero attached hydrogens (tertiary/aromatic N) is 1. The van der Waals surface area contributed by atoms with Crippen LogP contribution >= 0.6 is 0 Å². The zero-order chi connectivity index (χ0) is 20.4. The minimum absolute atomic E-state index is 0.257. The topological polar surface area (TPSA) is 58.6 Å². The number of anilines is 2. The number of amides is 2. The van der Waals surface area contributed by atoms with Crippen LogP contribution in [0.1, 0.15) is 11.1 Å². The monoisotopic (exact) mass is 384 g/mol. The molecule has 0 saturated carbocycles. The fraction of sp³-hybridized carbons (Fsp3) is 0.0833. The standard InChI is InChI=1S/C24H20N2O3/c1-16-7-6-10-19(15-16)26-23(27)21(17-11-13-20(29-2)14-12-17)22(24(26)28)25-18-8-4-3-5-9-18/h3-15,25H,1-2H3. The van der Waals surface area contributed by atoms with Crippen molar-refractivity contribution in [2.75, 3.05) is 17.3 Å². The molecule has 29 heavy (non-hydrogen) atoms. The van der Waals surface area contributed by atoms with E-state index in [4.69, 9.17) is 4.74 Å². The van der Waals surface area contributed by atoms with Gasteiger partial charge in [-0.1, -0.05) is 42.5 Å². The molecule has 0 spiro atoms. The number of benzene rings is 3. The number of methoxy groups -OCH3 is 1. The Labute approximate surface area is 169 Å². The molecule has 0 bridgehead atoms. The fourth-order valence-corrected chi connectivity index (χ4v) is 3.34. The molecule has 0 radical (unpaired) electrons. The molecule has 1 aliphatic heterocycles. The lowest BCUT2D eigenvalue weighted by Crippen LogP contribution is -2.32. The van der Waals surface area contributed by atoms with E-state index < -0.39 is 0 Å². The summed E-state index contributed by atoms with van der Waals surface area (Å²) in [4.78, 5) is 27.9. The first kappa shape index (κ1) is 18.5. The number of carbonyl (C=O) groups excluding carboxylic acids is 2. The summed E-state index contributed by atoms with van der Waals surface area (Å²) in [6.45, 7) is 1.93. The van der Waals surface area contributed by atoms with E-state index in [0.29, 0.717) is 22.6 Å². The Balaban J connectivity index is 1.82. The molecule has 4 rings (SSSR count). The number of carbonyl (C=O) groups is 2. The Morgan fingerprint density at radius 3 is 2.21 bits per heavy atom. The average molecular weight is 384 g/mol. The van der Waals surface area contributed by atoms with E-state index in [0.717, 1.165) is 11.3 Å². The number of rotatable bonds is 5. The van der Waals surface area contributed by atoms with Crippen molar-refractivity contribution in [3.8, 4) is 5.75 Å². The summed E-state index contributed by atoms with van der Waals surface area (Å²) in [7, 11) is 1.58. The van der Waals surface area contributed by atoms with E-state index >= 15 is 0 Å². The maximum atomic E-state index is 13.4. The predicted octanol–water partition coefficient (Wildman–Crippen LogP) is 4.40. The molecular formula is C24H20N2O3. The molecule has 3 aromatic rings. The third-order valence-electron chi connectivity index (χ3n) is 4.77. The van der Waals surface area contributed by atoms with E-state index in [9.17, 15) is 9.59 Å². The molecule has 2 amide bonds. The van der Waals surface area contributed by atoms with Gasteiger partial charge < -0.3 is 10.1 Å². The van der Waals surface area contributed by atoms with Crippen LogP contribution in [0.15, 0.2) is 84.6 Å². The second-order valence-electron chi connectivity index (χ2n) is 6.75. The molecule has 0 saturated heterocycles. The highest BCUT2D eigenvalue weighted by Crippen LogP contribution is 2.34. The number of aryl methyl sites for hydroxylation is 1. The van der Waals surface area contributed by atoms with Crippen LogP contribution < -0.4 is 15.0 Å². The van der Waals surface area contributed by atoms with Crippen molar-refractivity contribution in [3.63, 3.8) is 0 Å². The van der Waals surface area contributed by atoms with Gasteiger partial charge >= 0.3 is 0 Å². The van der Waals surface area contributed by atoms with Gasteiger partial charge in [0.2, 0.25) is 0 Å². The molecule has 1 N–H and O–H groups in total. The summed E-state index contributed by atoms with van der Waals surface area (Å²) in [5.41, 5.74) is 3.50.